The van der Waals surface area contributed by atoms with Crippen molar-refractivity contribution in [3.63, 3.8) is 0 Å². The number of benzene rings is 1. The van der Waals surface area contributed by atoms with Gasteiger partial charge in [-0.2, -0.15) is 0 Å². The summed E-state index contributed by atoms with van der Waals surface area (Å²) in [7, 11) is 0. The summed E-state index contributed by atoms with van der Waals surface area (Å²) in [6, 6.07) is 6.35. The molecule has 1 aliphatic rings. The van der Waals surface area contributed by atoms with Crippen LogP contribution in [0.3, 0.4) is 0 Å². The van der Waals surface area contributed by atoms with Gasteiger partial charge in [-0.3, -0.25) is 0 Å². The molecule has 1 saturated heterocycles. The van der Waals surface area contributed by atoms with Gasteiger partial charge in [-0.05, 0) is 41.1 Å². The fourth-order valence-corrected chi connectivity index (χ4v) is 2.47. The minimum atomic E-state index is 0.415. The van der Waals surface area contributed by atoms with Gasteiger partial charge in [0.2, 0.25) is 0 Å². The van der Waals surface area contributed by atoms with Gasteiger partial charge < -0.3 is 15.4 Å². The Balaban J connectivity index is 2.27. The van der Waals surface area contributed by atoms with E-state index in [1.807, 2.05) is 12.1 Å². The van der Waals surface area contributed by atoms with Crippen molar-refractivity contribution >= 4 is 27.3 Å². The molecule has 1 fully saturated rings. The van der Waals surface area contributed by atoms with Gasteiger partial charge in [0.25, 0.3) is 0 Å². The number of ether oxygens (including phenoxy) is 1. The summed E-state index contributed by atoms with van der Waals surface area (Å²) < 4.78 is 6.47. The molecule has 1 aliphatic heterocycles. The Labute approximate surface area is 98.3 Å². The highest BCUT2D eigenvalue weighted by Gasteiger charge is 2.20. The summed E-state index contributed by atoms with van der Waals surface area (Å²) in [5.74, 6) is 0. The Hall–Kier alpha value is -0.740. The maximum atomic E-state index is 5.72. The Morgan fingerprint density at radius 1 is 1.53 bits per heavy atom. The van der Waals surface area contributed by atoms with Crippen LogP contribution in [-0.2, 0) is 4.74 Å². The van der Waals surface area contributed by atoms with E-state index in [1.165, 1.54) is 5.69 Å². The van der Waals surface area contributed by atoms with Gasteiger partial charge >= 0.3 is 0 Å². The first kappa shape index (κ1) is 10.8. The smallest absolute Gasteiger partial charge is 0.0668 e. The van der Waals surface area contributed by atoms with Gasteiger partial charge in [0, 0.05) is 22.7 Å². The molecule has 3 nitrogen and oxygen atoms in total. The van der Waals surface area contributed by atoms with Crippen molar-refractivity contribution in [2.24, 2.45) is 0 Å². The van der Waals surface area contributed by atoms with Crippen molar-refractivity contribution in [3.05, 3.63) is 22.7 Å². The van der Waals surface area contributed by atoms with Crippen molar-refractivity contribution in [3.8, 4) is 0 Å². The standard InChI is InChI=1S/C11H15BrN2O/c1-8-7-15-5-4-14(8)11-3-2-9(13)6-10(11)12/h2-3,6,8H,4-5,7,13H2,1H3. The van der Waals surface area contributed by atoms with Crippen molar-refractivity contribution in [1.29, 1.82) is 0 Å². The molecule has 1 heterocycles. The van der Waals surface area contributed by atoms with Gasteiger partial charge in [-0.15, -0.1) is 0 Å². The summed E-state index contributed by atoms with van der Waals surface area (Å²) in [5, 5.41) is 0. The van der Waals surface area contributed by atoms with E-state index in [2.05, 4.69) is 33.8 Å². The van der Waals surface area contributed by atoms with E-state index < -0.39 is 0 Å². The summed E-state index contributed by atoms with van der Waals surface area (Å²) in [6.45, 7) is 4.68. The third kappa shape index (κ3) is 2.26. The molecule has 0 bridgehead atoms. The molecule has 0 aromatic heterocycles. The molecule has 0 radical (unpaired) electrons. The third-order valence-electron chi connectivity index (χ3n) is 2.65. The molecule has 15 heavy (non-hydrogen) atoms. The second-order valence-electron chi connectivity index (χ2n) is 3.83. The van der Waals surface area contributed by atoms with Crippen molar-refractivity contribution < 1.29 is 4.74 Å². The highest BCUT2D eigenvalue weighted by molar-refractivity contribution is 9.10. The van der Waals surface area contributed by atoms with Gasteiger partial charge in [-0.25, -0.2) is 0 Å². The second kappa shape index (κ2) is 4.41. The fourth-order valence-electron chi connectivity index (χ4n) is 1.84. The number of nitrogen functional groups attached to an aromatic ring is 1. The van der Waals surface area contributed by atoms with Gasteiger partial charge in [0.05, 0.1) is 18.9 Å². The van der Waals surface area contributed by atoms with Gasteiger partial charge in [-0.1, -0.05) is 0 Å². The number of hydrogen-bond acceptors (Lipinski definition) is 3. The number of nitrogens with two attached hydrogens (primary N) is 1. The zero-order chi connectivity index (χ0) is 10.8. The van der Waals surface area contributed by atoms with Crippen LogP contribution in [0.5, 0.6) is 0 Å². The van der Waals surface area contributed by atoms with E-state index in [0.29, 0.717) is 6.04 Å². The van der Waals surface area contributed by atoms with Gasteiger partial charge in [0.15, 0.2) is 0 Å². The number of anilines is 2. The Bertz CT molecular complexity index is 356. The largest absolute Gasteiger partial charge is 0.399 e. The van der Waals surface area contributed by atoms with Crippen LogP contribution >= 0.6 is 15.9 Å². The highest BCUT2D eigenvalue weighted by atomic mass is 79.9. The zero-order valence-electron chi connectivity index (χ0n) is 8.74. The molecule has 82 valence electrons. The number of halogens is 1. The SMILES string of the molecule is CC1COCCN1c1ccc(N)cc1Br. The molecule has 4 heteroatoms. The van der Waals surface area contributed by atoms with Crippen molar-refractivity contribution in [2.75, 3.05) is 30.4 Å². The number of rotatable bonds is 1. The molecule has 2 rings (SSSR count). The topological polar surface area (TPSA) is 38.5 Å². The predicted molar refractivity (Wildman–Crippen MR) is 66.2 cm³/mol. The average Bonchev–Trinajstić information content (AvgIpc) is 2.20. The van der Waals surface area contributed by atoms with E-state index in [-0.39, 0.29) is 0 Å². The van der Waals surface area contributed by atoms with E-state index in [1.54, 1.807) is 0 Å². The fraction of sp³-hybridized carbons (Fsp3) is 0.455. The molecule has 2 N–H and O–H groups in total. The van der Waals surface area contributed by atoms with Gasteiger partial charge in [0.1, 0.15) is 0 Å². The number of morpholine rings is 1. The maximum absolute atomic E-state index is 5.72. The van der Waals surface area contributed by atoms with Crippen molar-refractivity contribution in [2.45, 2.75) is 13.0 Å². The molecule has 0 saturated carbocycles. The second-order valence-corrected chi connectivity index (χ2v) is 4.68. The van der Waals surface area contributed by atoms with Crippen LogP contribution in [0.2, 0.25) is 0 Å². The highest BCUT2D eigenvalue weighted by Crippen LogP contribution is 2.30. The normalized spacial score (nSPS) is 21.7. The molecule has 1 atom stereocenters. The van der Waals surface area contributed by atoms with E-state index in [9.17, 15) is 0 Å². The summed E-state index contributed by atoms with van der Waals surface area (Å²) >= 11 is 3.55. The lowest BCUT2D eigenvalue weighted by atomic mass is 10.2. The molecule has 1 aromatic carbocycles. The summed E-state index contributed by atoms with van der Waals surface area (Å²) in [4.78, 5) is 2.34. The lowest BCUT2D eigenvalue weighted by Gasteiger charge is -2.35. The molecule has 0 amide bonds. The molecule has 1 aromatic rings. The minimum absolute atomic E-state index is 0.415. The third-order valence-corrected chi connectivity index (χ3v) is 3.28. The predicted octanol–water partition coefficient (Wildman–Crippen LogP) is 2.26. The summed E-state index contributed by atoms with van der Waals surface area (Å²) in [5.41, 5.74) is 7.70. The Kier molecular flexibility index (Phi) is 3.17. The molecule has 0 aliphatic carbocycles. The van der Waals surface area contributed by atoms with Crippen LogP contribution < -0.4 is 10.6 Å². The number of nitrogens with zero attached hydrogens (tertiary/aromatic N) is 1. The zero-order valence-corrected chi connectivity index (χ0v) is 10.3. The van der Waals surface area contributed by atoms with Crippen molar-refractivity contribution in [1.82, 2.24) is 0 Å². The minimum Gasteiger partial charge on any atom is -0.399 e. The monoisotopic (exact) mass is 270 g/mol. The Morgan fingerprint density at radius 3 is 3.00 bits per heavy atom. The lowest BCUT2D eigenvalue weighted by Crippen LogP contribution is -2.43. The maximum Gasteiger partial charge on any atom is 0.0668 e. The molecule has 0 spiro atoms. The van der Waals surface area contributed by atoms with E-state index in [0.717, 1.165) is 29.9 Å². The van der Waals surface area contributed by atoms with Crippen LogP contribution in [0.25, 0.3) is 0 Å². The Morgan fingerprint density at radius 2 is 2.33 bits per heavy atom. The molecular weight excluding hydrogens is 256 g/mol. The number of hydrogen-bond donors (Lipinski definition) is 1. The lowest BCUT2D eigenvalue weighted by molar-refractivity contribution is 0.0989. The van der Waals surface area contributed by atoms with Crippen LogP contribution in [0.15, 0.2) is 22.7 Å². The molecule has 1 unspecified atom stereocenters. The first-order valence-electron chi connectivity index (χ1n) is 5.08. The van der Waals surface area contributed by atoms with E-state index >= 15 is 0 Å². The molecular formula is C11H15BrN2O. The average molecular weight is 271 g/mol. The van der Waals surface area contributed by atoms with Crippen LogP contribution in [0.4, 0.5) is 11.4 Å². The first-order valence-corrected chi connectivity index (χ1v) is 5.87. The quantitative estimate of drug-likeness (QED) is 0.796. The summed E-state index contributed by atoms with van der Waals surface area (Å²) in [6.07, 6.45) is 0. The van der Waals surface area contributed by atoms with E-state index in [4.69, 9.17) is 10.5 Å². The first-order chi connectivity index (χ1) is 7.18. The van der Waals surface area contributed by atoms with Crippen LogP contribution in [0, 0.1) is 0 Å². The van der Waals surface area contributed by atoms with Crippen LogP contribution in [-0.4, -0.2) is 25.8 Å². The van der Waals surface area contributed by atoms with Crippen LogP contribution in [0.1, 0.15) is 6.92 Å².